The quantitative estimate of drug-likeness (QED) is 0.588. The molecule has 0 spiro atoms. The Morgan fingerprint density at radius 3 is 2.46 bits per heavy atom. The number of aromatic nitrogens is 2. The molecule has 0 fully saturated rings. The molecule has 144 valence electrons. The van der Waals surface area contributed by atoms with Gasteiger partial charge in [-0.3, -0.25) is 18.8 Å². The molecule has 9 heteroatoms. The molecule has 28 heavy (non-hydrogen) atoms. The first-order chi connectivity index (χ1) is 13.4. The van der Waals surface area contributed by atoms with E-state index in [1.165, 1.54) is 12.1 Å². The number of nitrogens with one attached hydrogen (secondary N) is 2. The zero-order valence-corrected chi connectivity index (χ0v) is 15.7. The Kier molecular flexibility index (Phi) is 5.60. The highest BCUT2D eigenvalue weighted by Gasteiger charge is 2.19. The Labute approximate surface area is 165 Å². The van der Waals surface area contributed by atoms with Gasteiger partial charge in [0.25, 0.3) is 11.8 Å². The first kappa shape index (κ1) is 19.4. The van der Waals surface area contributed by atoms with E-state index in [4.69, 9.17) is 16.7 Å². The number of carbonyl (C=O) groups is 3. The van der Waals surface area contributed by atoms with Gasteiger partial charge in [0.15, 0.2) is 0 Å². The van der Waals surface area contributed by atoms with Crippen LogP contribution in [-0.2, 0) is 11.2 Å². The Morgan fingerprint density at radius 1 is 1.11 bits per heavy atom. The lowest BCUT2D eigenvalue weighted by Crippen LogP contribution is -2.29. The minimum Gasteiger partial charge on any atom is -0.480 e. The maximum atomic E-state index is 12.8. The first-order valence-electron chi connectivity index (χ1n) is 8.47. The van der Waals surface area contributed by atoms with Crippen molar-refractivity contribution in [3.8, 4) is 0 Å². The fraction of sp³-hybridized carbons (Fsp3) is 0.158. The molecule has 3 N–H and O–H groups in total. The average Bonchev–Trinajstić information content (AvgIpc) is 3.04. The number of fused-ring (bicyclic) bond motifs is 1. The number of aryl methyl sites for hydroxylation is 1. The lowest BCUT2D eigenvalue weighted by Gasteiger charge is -2.08. The van der Waals surface area contributed by atoms with Gasteiger partial charge in [-0.05, 0) is 42.8 Å². The summed E-state index contributed by atoms with van der Waals surface area (Å²) >= 11 is 6.05. The van der Waals surface area contributed by atoms with Crippen LogP contribution in [0, 0.1) is 0 Å². The van der Waals surface area contributed by atoms with Gasteiger partial charge in [0.2, 0.25) is 0 Å². The molecule has 1 aromatic carbocycles. The van der Waals surface area contributed by atoms with E-state index in [-0.39, 0.29) is 11.5 Å². The number of hydrogen-bond donors (Lipinski definition) is 3. The third-order valence-corrected chi connectivity index (χ3v) is 4.23. The summed E-state index contributed by atoms with van der Waals surface area (Å²) < 4.78 is 1.64. The van der Waals surface area contributed by atoms with Crippen molar-refractivity contribution >= 4 is 40.7 Å². The molecule has 3 aromatic rings. The molecule has 0 saturated heterocycles. The van der Waals surface area contributed by atoms with Crippen molar-refractivity contribution in [3.63, 3.8) is 0 Å². The summed E-state index contributed by atoms with van der Waals surface area (Å²) in [5.41, 5.74) is 2.43. The Bertz CT molecular complexity index is 1060. The average molecular weight is 401 g/mol. The smallest absolute Gasteiger partial charge is 0.322 e. The molecule has 2 heterocycles. The lowest BCUT2D eigenvalue weighted by molar-refractivity contribution is -0.135. The highest BCUT2D eigenvalue weighted by molar-refractivity contribution is 6.30. The summed E-state index contributed by atoms with van der Waals surface area (Å²) in [6.07, 6.45) is 2.21. The molecular formula is C19H17ClN4O4. The Morgan fingerprint density at radius 2 is 1.82 bits per heavy atom. The van der Waals surface area contributed by atoms with Crippen LogP contribution in [0.25, 0.3) is 5.65 Å². The number of carboxylic acids is 1. The number of anilines is 1. The second kappa shape index (κ2) is 8.10. The Balaban J connectivity index is 1.80. The number of amides is 2. The van der Waals surface area contributed by atoms with Gasteiger partial charge < -0.3 is 15.7 Å². The molecule has 0 aliphatic rings. The van der Waals surface area contributed by atoms with E-state index < -0.39 is 18.4 Å². The summed E-state index contributed by atoms with van der Waals surface area (Å²) in [5, 5.41) is 14.1. The van der Waals surface area contributed by atoms with Crippen LogP contribution >= 0.6 is 11.6 Å². The summed E-state index contributed by atoms with van der Waals surface area (Å²) in [6.45, 7) is 1.44. The van der Waals surface area contributed by atoms with Crippen molar-refractivity contribution in [2.24, 2.45) is 0 Å². The van der Waals surface area contributed by atoms with Crippen molar-refractivity contribution in [1.29, 1.82) is 0 Å². The highest BCUT2D eigenvalue weighted by Crippen LogP contribution is 2.19. The zero-order valence-electron chi connectivity index (χ0n) is 14.9. The maximum absolute atomic E-state index is 12.8. The number of rotatable bonds is 6. The molecule has 2 amide bonds. The van der Waals surface area contributed by atoms with E-state index in [2.05, 4.69) is 15.6 Å². The molecule has 0 radical (unpaired) electrons. The van der Waals surface area contributed by atoms with Crippen molar-refractivity contribution in [2.75, 3.05) is 11.9 Å². The highest BCUT2D eigenvalue weighted by atomic mass is 35.5. The van der Waals surface area contributed by atoms with Crippen molar-refractivity contribution < 1.29 is 19.5 Å². The topological polar surface area (TPSA) is 113 Å². The van der Waals surface area contributed by atoms with E-state index in [1.54, 1.807) is 34.9 Å². The zero-order chi connectivity index (χ0) is 20.3. The van der Waals surface area contributed by atoms with Crippen molar-refractivity contribution in [3.05, 3.63) is 64.6 Å². The van der Waals surface area contributed by atoms with Crippen LogP contribution in [-0.4, -0.2) is 38.8 Å². The van der Waals surface area contributed by atoms with Gasteiger partial charge in [0.05, 0.1) is 10.7 Å². The molecule has 8 nitrogen and oxygen atoms in total. The number of halogens is 1. The number of carbonyl (C=O) groups excluding carboxylic acids is 2. The van der Waals surface area contributed by atoms with E-state index >= 15 is 0 Å². The number of aliphatic carboxylic acids is 1. The predicted octanol–water partition coefficient (Wildman–Crippen LogP) is 2.62. The van der Waals surface area contributed by atoms with E-state index in [0.29, 0.717) is 34.2 Å². The van der Waals surface area contributed by atoms with Gasteiger partial charge >= 0.3 is 5.97 Å². The molecule has 0 bridgehead atoms. The minimum atomic E-state index is -1.13. The molecule has 0 saturated carbocycles. The van der Waals surface area contributed by atoms with E-state index in [0.717, 1.165) is 0 Å². The first-order valence-corrected chi connectivity index (χ1v) is 8.84. The monoisotopic (exact) mass is 400 g/mol. The number of imidazole rings is 1. The molecular weight excluding hydrogens is 384 g/mol. The predicted molar refractivity (Wildman–Crippen MR) is 104 cm³/mol. The van der Waals surface area contributed by atoms with Crippen LogP contribution < -0.4 is 10.6 Å². The second-order valence-corrected chi connectivity index (χ2v) is 6.38. The number of pyridine rings is 1. The minimum absolute atomic E-state index is 0.287. The Hall–Kier alpha value is -3.39. The van der Waals surface area contributed by atoms with E-state index in [9.17, 15) is 14.4 Å². The van der Waals surface area contributed by atoms with Crippen LogP contribution in [0.15, 0.2) is 42.6 Å². The fourth-order valence-electron chi connectivity index (χ4n) is 2.71. The van der Waals surface area contributed by atoms with Crippen LogP contribution in [0.4, 0.5) is 5.69 Å². The van der Waals surface area contributed by atoms with E-state index in [1.807, 2.05) is 6.92 Å². The number of hydrogen-bond acceptors (Lipinski definition) is 4. The van der Waals surface area contributed by atoms with Gasteiger partial charge in [0, 0.05) is 17.4 Å². The summed E-state index contributed by atoms with van der Waals surface area (Å²) in [6, 6.07) is 9.57. The molecule has 0 unspecified atom stereocenters. The second-order valence-electron chi connectivity index (χ2n) is 5.94. The summed E-state index contributed by atoms with van der Waals surface area (Å²) in [5.74, 6) is -1.99. The molecule has 2 aromatic heterocycles. The van der Waals surface area contributed by atoms with Gasteiger partial charge in [-0.2, -0.15) is 0 Å². The number of nitrogens with zero attached hydrogens (tertiary/aromatic N) is 2. The van der Waals surface area contributed by atoms with Crippen LogP contribution in [0.1, 0.15) is 33.5 Å². The van der Waals surface area contributed by atoms with Gasteiger partial charge in [-0.1, -0.05) is 18.5 Å². The largest absolute Gasteiger partial charge is 0.480 e. The third-order valence-electron chi connectivity index (χ3n) is 4.01. The summed E-state index contributed by atoms with van der Waals surface area (Å²) in [4.78, 5) is 39.6. The van der Waals surface area contributed by atoms with Gasteiger partial charge in [0.1, 0.15) is 17.9 Å². The fourth-order valence-corrected chi connectivity index (χ4v) is 2.87. The van der Waals surface area contributed by atoms with Gasteiger partial charge in [-0.15, -0.1) is 0 Å². The number of carboxylic acid groups (broad SMARTS) is 1. The SMILES string of the molecule is CCc1nc2ccc(Cl)cn2c1C(=O)Nc1ccc(C(=O)NCC(=O)O)cc1. The third kappa shape index (κ3) is 4.12. The van der Waals surface area contributed by atoms with Crippen LogP contribution in [0.2, 0.25) is 5.02 Å². The van der Waals surface area contributed by atoms with Crippen LogP contribution in [0.3, 0.4) is 0 Å². The standard InChI is InChI=1S/C19H17ClN4O4/c1-2-14-17(24-10-12(20)5-8-15(24)23-14)19(28)22-13-6-3-11(4-7-13)18(27)21-9-16(25)26/h3-8,10H,2,9H2,1H3,(H,21,27)(H,22,28)(H,25,26). The van der Waals surface area contributed by atoms with Crippen molar-refractivity contribution in [2.45, 2.75) is 13.3 Å². The molecule has 3 rings (SSSR count). The number of benzene rings is 1. The molecule has 0 aliphatic carbocycles. The van der Waals surface area contributed by atoms with Gasteiger partial charge in [-0.25, -0.2) is 4.98 Å². The lowest BCUT2D eigenvalue weighted by atomic mass is 10.2. The van der Waals surface area contributed by atoms with Crippen molar-refractivity contribution in [1.82, 2.24) is 14.7 Å². The normalized spacial score (nSPS) is 10.6. The summed E-state index contributed by atoms with van der Waals surface area (Å²) in [7, 11) is 0. The maximum Gasteiger partial charge on any atom is 0.322 e. The van der Waals surface area contributed by atoms with Crippen LogP contribution in [0.5, 0.6) is 0 Å². The molecule has 0 atom stereocenters. The molecule has 0 aliphatic heterocycles.